The second-order valence-corrected chi connectivity index (χ2v) is 5.15. The molecule has 0 aliphatic carbocycles. The van der Waals surface area contributed by atoms with Crippen molar-refractivity contribution in [1.82, 2.24) is 10.1 Å². The Balaban J connectivity index is 2.01. The summed E-state index contributed by atoms with van der Waals surface area (Å²) in [4.78, 5) is 4.11. The Hall–Kier alpha value is -1.89. The highest BCUT2D eigenvalue weighted by molar-refractivity contribution is 5.60. The fourth-order valence-electron chi connectivity index (χ4n) is 2.42. The Morgan fingerprint density at radius 3 is 2.67 bits per heavy atom. The number of aromatic nitrogens is 2. The lowest BCUT2D eigenvalue weighted by molar-refractivity contribution is -0.137. The molecule has 1 atom stereocenters. The fraction of sp³-hybridized carbons (Fsp3) is 0.429. The molecule has 1 unspecified atom stereocenters. The van der Waals surface area contributed by atoms with E-state index in [1.807, 2.05) is 0 Å². The Labute approximate surface area is 118 Å². The van der Waals surface area contributed by atoms with Crippen molar-refractivity contribution in [2.45, 2.75) is 31.5 Å². The molecule has 1 fully saturated rings. The van der Waals surface area contributed by atoms with E-state index in [4.69, 9.17) is 9.26 Å². The van der Waals surface area contributed by atoms with Gasteiger partial charge in [0.1, 0.15) is 5.60 Å². The van der Waals surface area contributed by atoms with Crippen molar-refractivity contribution in [2.75, 3.05) is 6.61 Å². The van der Waals surface area contributed by atoms with Gasteiger partial charge < -0.3 is 9.26 Å². The Bertz CT molecular complexity index is 646. The van der Waals surface area contributed by atoms with Crippen LogP contribution < -0.4 is 0 Å². The van der Waals surface area contributed by atoms with Crippen molar-refractivity contribution < 1.29 is 22.4 Å². The maximum absolute atomic E-state index is 13.0. The van der Waals surface area contributed by atoms with Crippen LogP contribution in [0.1, 0.15) is 31.2 Å². The van der Waals surface area contributed by atoms with Crippen molar-refractivity contribution in [3.63, 3.8) is 0 Å². The largest absolute Gasteiger partial charge is 0.417 e. The monoisotopic (exact) mass is 298 g/mol. The van der Waals surface area contributed by atoms with Crippen LogP contribution in [-0.2, 0) is 16.5 Å². The lowest BCUT2D eigenvalue weighted by Gasteiger charge is -2.17. The van der Waals surface area contributed by atoms with E-state index in [1.165, 1.54) is 18.2 Å². The van der Waals surface area contributed by atoms with Crippen LogP contribution in [0.25, 0.3) is 11.4 Å². The first kappa shape index (κ1) is 14.1. The molecule has 0 saturated carbocycles. The lowest BCUT2D eigenvalue weighted by Crippen LogP contribution is -2.20. The third-order valence-electron chi connectivity index (χ3n) is 3.57. The minimum atomic E-state index is -4.47. The van der Waals surface area contributed by atoms with Gasteiger partial charge in [-0.2, -0.15) is 18.2 Å². The molecule has 21 heavy (non-hydrogen) atoms. The van der Waals surface area contributed by atoms with Crippen molar-refractivity contribution >= 4 is 0 Å². The van der Waals surface area contributed by atoms with Gasteiger partial charge in [-0.15, -0.1) is 0 Å². The average Bonchev–Trinajstić information content (AvgIpc) is 3.07. The number of alkyl halides is 3. The standard InChI is InChI=1S/C14H13F3N2O2/c1-13(7-4-8-20-13)12-18-11(19-21-12)9-5-2-3-6-10(9)14(15,16)17/h2-3,5-6H,4,7-8H2,1H3. The predicted molar refractivity (Wildman–Crippen MR) is 67.3 cm³/mol. The molecule has 1 saturated heterocycles. The summed E-state index contributed by atoms with van der Waals surface area (Å²) < 4.78 is 49.7. The second-order valence-electron chi connectivity index (χ2n) is 5.15. The van der Waals surface area contributed by atoms with E-state index >= 15 is 0 Å². The highest BCUT2D eigenvalue weighted by Crippen LogP contribution is 2.38. The molecule has 1 aromatic carbocycles. The highest BCUT2D eigenvalue weighted by atomic mass is 19.4. The number of hydrogen-bond acceptors (Lipinski definition) is 4. The Morgan fingerprint density at radius 1 is 1.24 bits per heavy atom. The zero-order chi connectivity index (χ0) is 15.1. The number of benzene rings is 1. The van der Waals surface area contributed by atoms with Gasteiger partial charge >= 0.3 is 6.18 Å². The van der Waals surface area contributed by atoms with Gasteiger partial charge in [0.25, 0.3) is 5.89 Å². The van der Waals surface area contributed by atoms with Crippen LogP contribution in [-0.4, -0.2) is 16.7 Å². The zero-order valence-corrected chi connectivity index (χ0v) is 11.3. The molecular weight excluding hydrogens is 285 g/mol. The van der Waals surface area contributed by atoms with Gasteiger partial charge in [-0.3, -0.25) is 0 Å². The third kappa shape index (κ3) is 2.53. The molecule has 4 nitrogen and oxygen atoms in total. The molecule has 112 valence electrons. The molecule has 2 aromatic rings. The summed E-state index contributed by atoms with van der Waals surface area (Å²) in [7, 11) is 0. The number of hydrogen-bond donors (Lipinski definition) is 0. The maximum Gasteiger partial charge on any atom is 0.417 e. The minimum absolute atomic E-state index is 0.0744. The van der Waals surface area contributed by atoms with E-state index < -0.39 is 17.3 Å². The molecule has 0 amide bonds. The van der Waals surface area contributed by atoms with Gasteiger partial charge in [0.15, 0.2) is 0 Å². The van der Waals surface area contributed by atoms with Gasteiger partial charge in [-0.05, 0) is 25.8 Å². The number of nitrogens with zero attached hydrogens (tertiary/aromatic N) is 2. The van der Waals surface area contributed by atoms with Crippen molar-refractivity contribution in [1.29, 1.82) is 0 Å². The Morgan fingerprint density at radius 2 is 2.00 bits per heavy atom. The molecule has 3 rings (SSSR count). The van der Waals surface area contributed by atoms with E-state index in [1.54, 1.807) is 6.92 Å². The van der Waals surface area contributed by atoms with E-state index in [-0.39, 0.29) is 17.3 Å². The molecule has 0 spiro atoms. The van der Waals surface area contributed by atoms with Crippen LogP contribution in [0.5, 0.6) is 0 Å². The minimum Gasteiger partial charge on any atom is -0.365 e. The van der Waals surface area contributed by atoms with Gasteiger partial charge in [0.2, 0.25) is 5.82 Å². The summed E-state index contributed by atoms with van der Waals surface area (Å²) in [6.45, 7) is 2.38. The first-order chi connectivity index (χ1) is 9.90. The SMILES string of the molecule is CC1(c2nc(-c3ccccc3C(F)(F)F)no2)CCCO1. The molecule has 2 heterocycles. The summed E-state index contributed by atoms with van der Waals surface area (Å²) in [5.74, 6) is 0.140. The second kappa shape index (κ2) is 4.84. The number of ether oxygens (including phenoxy) is 1. The summed E-state index contributed by atoms with van der Waals surface area (Å²) in [6, 6.07) is 5.16. The Kier molecular flexibility index (Phi) is 3.24. The van der Waals surface area contributed by atoms with Gasteiger partial charge in [-0.1, -0.05) is 23.4 Å². The third-order valence-corrected chi connectivity index (χ3v) is 3.57. The van der Waals surface area contributed by atoms with E-state index in [9.17, 15) is 13.2 Å². The van der Waals surface area contributed by atoms with Crippen molar-refractivity contribution in [3.8, 4) is 11.4 Å². The average molecular weight is 298 g/mol. The summed E-state index contributed by atoms with van der Waals surface area (Å²) in [5, 5.41) is 3.68. The van der Waals surface area contributed by atoms with Crippen molar-refractivity contribution in [3.05, 3.63) is 35.7 Å². The first-order valence-electron chi connectivity index (χ1n) is 6.55. The molecule has 1 aliphatic rings. The number of rotatable bonds is 2. The topological polar surface area (TPSA) is 48.2 Å². The predicted octanol–water partition coefficient (Wildman–Crippen LogP) is 3.78. The molecule has 0 N–H and O–H groups in total. The van der Waals surface area contributed by atoms with Gasteiger partial charge in [-0.25, -0.2) is 0 Å². The van der Waals surface area contributed by atoms with Crippen LogP contribution in [0, 0.1) is 0 Å². The molecule has 1 aromatic heterocycles. The van der Waals surface area contributed by atoms with Crippen LogP contribution in [0.15, 0.2) is 28.8 Å². The quantitative estimate of drug-likeness (QED) is 0.846. The molecule has 1 aliphatic heterocycles. The fourth-order valence-corrected chi connectivity index (χ4v) is 2.42. The van der Waals surface area contributed by atoms with Crippen LogP contribution in [0.2, 0.25) is 0 Å². The summed E-state index contributed by atoms with van der Waals surface area (Å²) in [6.07, 6.45) is -2.91. The van der Waals surface area contributed by atoms with E-state index in [0.717, 1.165) is 12.5 Å². The van der Waals surface area contributed by atoms with Crippen molar-refractivity contribution in [2.24, 2.45) is 0 Å². The smallest absolute Gasteiger partial charge is 0.365 e. The van der Waals surface area contributed by atoms with Gasteiger partial charge in [0, 0.05) is 12.2 Å². The molecule has 0 radical (unpaired) electrons. The van der Waals surface area contributed by atoms with E-state index in [0.29, 0.717) is 13.0 Å². The molecule has 0 bridgehead atoms. The molecule has 7 heteroatoms. The number of halogens is 3. The first-order valence-corrected chi connectivity index (χ1v) is 6.55. The summed E-state index contributed by atoms with van der Waals surface area (Å²) in [5.41, 5.74) is -1.59. The normalized spacial score (nSPS) is 22.7. The zero-order valence-electron chi connectivity index (χ0n) is 11.3. The van der Waals surface area contributed by atoms with Gasteiger partial charge in [0.05, 0.1) is 5.56 Å². The molecular formula is C14H13F3N2O2. The lowest BCUT2D eigenvalue weighted by atomic mass is 10.0. The van der Waals surface area contributed by atoms with E-state index in [2.05, 4.69) is 10.1 Å². The highest BCUT2D eigenvalue weighted by Gasteiger charge is 2.39. The summed E-state index contributed by atoms with van der Waals surface area (Å²) >= 11 is 0. The van der Waals surface area contributed by atoms with Crippen LogP contribution >= 0.6 is 0 Å². The maximum atomic E-state index is 13.0. The van der Waals surface area contributed by atoms with Crippen LogP contribution in [0.3, 0.4) is 0 Å². The van der Waals surface area contributed by atoms with Crippen LogP contribution in [0.4, 0.5) is 13.2 Å².